The first-order valence-corrected chi connectivity index (χ1v) is 11.5. The monoisotopic (exact) mass is 299 g/mol. The zero-order valence-electron chi connectivity index (χ0n) is 14.6. The van der Waals surface area contributed by atoms with E-state index in [9.17, 15) is 0 Å². The molecule has 0 saturated carbocycles. The lowest BCUT2D eigenvalue weighted by molar-refractivity contribution is 0.496. The molecule has 0 N–H and O–H groups in total. The molecule has 3 aliphatic heterocycles. The summed E-state index contributed by atoms with van der Waals surface area (Å²) in [5.41, 5.74) is 7.33. The van der Waals surface area contributed by atoms with Crippen molar-refractivity contribution in [1.82, 2.24) is 0 Å². The van der Waals surface area contributed by atoms with E-state index in [-0.39, 0.29) is 0 Å². The van der Waals surface area contributed by atoms with E-state index in [1.807, 2.05) is 5.19 Å². The number of hydrogen-bond donors (Lipinski definition) is 0. The highest BCUT2D eigenvalue weighted by molar-refractivity contribution is 6.93. The highest BCUT2D eigenvalue weighted by Crippen LogP contribution is 2.50. The van der Waals surface area contributed by atoms with Crippen molar-refractivity contribution in [2.75, 3.05) is 18.0 Å². The van der Waals surface area contributed by atoms with Gasteiger partial charge in [-0.05, 0) is 46.7 Å². The van der Waals surface area contributed by atoms with Crippen LogP contribution in [0.1, 0.15) is 50.8 Å². The SMILES string of the molecule is Cc1cc2c3c4c1C(C)(C)CN4CC[Si]3(C)CCC2(C)C. The fourth-order valence-electron chi connectivity index (χ4n) is 5.42. The maximum absolute atomic E-state index is 2.73. The molecule has 4 rings (SSSR count). The molecule has 0 radical (unpaired) electrons. The van der Waals surface area contributed by atoms with Crippen molar-refractivity contribution in [3.8, 4) is 0 Å². The molecule has 21 heavy (non-hydrogen) atoms. The average molecular weight is 300 g/mol. The van der Waals surface area contributed by atoms with Crippen LogP contribution in [-0.2, 0) is 10.8 Å². The minimum Gasteiger partial charge on any atom is -0.371 e. The van der Waals surface area contributed by atoms with Crippen LogP contribution in [0.25, 0.3) is 0 Å². The van der Waals surface area contributed by atoms with E-state index in [0.29, 0.717) is 10.8 Å². The van der Waals surface area contributed by atoms with Crippen LogP contribution in [-0.4, -0.2) is 21.2 Å². The van der Waals surface area contributed by atoms with E-state index in [1.165, 1.54) is 31.6 Å². The molecule has 114 valence electrons. The van der Waals surface area contributed by atoms with E-state index in [2.05, 4.69) is 52.1 Å². The summed E-state index contributed by atoms with van der Waals surface area (Å²) in [6.45, 7) is 17.4. The average Bonchev–Trinajstić information content (AvgIpc) is 2.65. The molecule has 2 heteroatoms. The second kappa shape index (κ2) is 3.76. The summed E-state index contributed by atoms with van der Waals surface area (Å²) >= 11 is 0. The van der Waals surface area contributed by atoms with Crippen molar-refractivity contribution in [3.63, 3.8) is 0 Å². The summed E-state index contributed by atoms with van der Waals surface area (Å²) in [4.78, 5) is 2.73. The third-order valence-corrected chi connectivity index (χ3v) is 11.0. The van der Waals surface area contributed by atoms with Gasteiger partial charge in [0.1, 0.15) is 0 Å². The largest absolute Gasteiger partial charge is 0.371 e. The predicted octanol–water partition coefficient (Wildman–Crippen LogP) is 4.07. The normalized spacial score (nSPS) is 31.2. The first-order chi connectivity index (χ1) is 9.66. The molecule has 1 unspecified atom stereocenters. The molecular formula is C19H29NSi. The van der Waals surface area contributed by atoms with Crippen molar-refractivity contribution >= 4 is 18.9 Å². The topological polar surface area (TPSA) is 3.24 Å². The van der Waals surface area contributed by atoms with Crippen LogP contribution in [0.5, 0.6) is 0 Å². The number of aryl methyl sites for hydroxylation is 1. The summed E-state index contributed by atoms with van der Waals surface area (Å²) in [7, 11) is -1.24. The first-order valence-electron chi connectivity index (χ1n) is 8.60. The van der Waals surface area contributed by atoms with E-state index < -0.39 is 8.07 Å². The molecule has 0 spiro atoms. The Morgan fingerprint density at radius 2 is 1.81 bits per heavy atom. The van der Waals surface area contributed by atoms with Crippen molar-refractivity contribution in [2.45, 2.75) is 70.5 Å². The van der Waals surface area contributed by atoms with Gasteiger partial charge in [0, 0.05) is 24.2 Å². The molecule has 0 fully saturated rings. The first kappa shape index (κ1) is 13.9. The Balaban J connectivity index is 2.12. The Hall–Kier alpha value is -0.763. The highest BCUT2D eigenvalue weighted by atomic mass is 28.3. The lowest BCUT2D eigenvalue weighted by Gasteiger charge is -2.48. The Morgan fingerprint density at radius 3 is 2.52 bits per heavy atom. The van der Waals surface area contributed by atoms with E-state index in [4.69, 9.17) is 0 Å². The fraction of sp³-hybridized carbons (Fsp3) is 0.684. The molecular weight excluding hydrogens is 270 g/mol. The van der Waals surface area contributed by atoms with Crippen molar-refractivity contribution in [1.29, 1.82) is 0 Å². The predicted molar refractivity (Wildman–Crippen MR) is 94.9 cm³/mol. The summed E-state index contributed by atoms with van der Waals surface area (Å²) in [6, 6.07) is 5.55. The Kier molecular flexibility index (Phi) is 2.48. The van der Waals surface area contributed by atoms with Crippen LogP contribution in [0.3, 0.4) is 0 Å². The molecule has 0 bridgehead atoms. The molecule has 3 heterocycles. The molecule has 0 aliphatic carbocycles. The highest BCUT2D eigenvalue weighted by Gasteiger charge is 2.51. The maximum Gasteiger partial charge on any atom is 0.0885 e. The van der Waals surface area contributed by atoms with E-state index >= 15 is 0 Å². The Labute approximate surface area is 130 Å². The maximum atomic E-state index is 2.73. The van der Waals surface area contributed by atoms with Crippen LogP contribution in [0, 0.1) is 6.92 Å². The Morgan fingerprint density at radius 1 is 1.10 bits per heavy atom. The molecule has 1 aromatic carbocycles. The van der Waals surface area contributed by atoms with Crippen LogP contribution in [0.2, 0.25) is 18.6 Å². The van der Waals surface area contributed by atoms with Gasteiger partial charge in [-0.25, -0.2) is 0 Å². The molecule has 1 aromatic rings. The molecule has 0 amide bonds. The van der Waals surface area contributed by atoms with E-state index in [0.717, 1.165) is 0 Å². The molecule has 3 aliphatic rings. The standard InChI is InChI=1S/C19H29NSi/c1-13-11-14-17-16-15(13)19(4,5)12-20(16)8-10-21(17,6)9-7-18(14,2)3/h11H,7-10,12H2,1-6H3. The van der Waals surface area contributed by atoms with Gasteiger partial charge in [0.15, 0.2) is 0 Å². The Bertz CT molecular complexity index is 643. The summed E-state index contributed by atoms with van der Waals surface area (Å²) in [6.07, 6.45) is 1.39. The summed E-state index contributed by atoms with van der Waals surface area (Å²) in [5, 5.41) is 1.86. The van der Waals surface area contributed by atoms with Crippen LogP contribution in [0.15, 0.2) is 6.07 Å². The molecule has 0 aromatic heterocycles. The minimum absolute atomic E-state index is 0.329. The second-order valence-electron chi connectivity index (χ2n) is 9.34. The molecule has 1 nitrogen and oxygen atoms in total. The molecule has 1 atom stereocenters. The van der Waals surface area contributed by atoms with Gasteiger partial charge in [0.25, 0.3) is 0 Å². The van der Waals surface area contributed by atoms with Gasteiger partial charge in [0.2, 0.25) is 0 Å². The zero-order valence-corrected chi connectivity index (χ0v) is 15.6. The number of rotatable bonds is 0. The van der Waals surface area contributed by atoms with Gasteiger partial charge < -0.3 is 4.90 Å². The molecule has 0 saturated heterocycles. The third-order valence-electron chi connectivity index (χ3n) is 6.65. The van der Waals surface area contributed by atoms with Crippen molar-refractivity contribution < 1.29 is 0 Å². The minimum atomic E-state index is -1.24. The fourth-order valence-corrected chi connectivity index (χ4v) is 10.0. The van der Waals surface area contributed by atoms with Crippen molar-refractivity contribution in [2.24, 2.45) is 0 Å². The number of benzene rings is 1. The number of nitrogens with zero attached hydrogens (tertiary/aromatic N) is 1. The van der Waals surface area contributed by atoms with Gasteiger partial charge in [-0.2, -0.15) is 0 Å². The lowest BCUT2D eigenvalue weighted by Crippen LogP contribution is -2.59. The number of anilines is 1. The van der Waals surface area contributed by atoms with Gasteiger partial charge >= 0.3 is 0 Å². The zero-order chi connectivity index (χ0) is 15.2. The summed E-state index contributed by atoms with van der Waals surface area (Å²) < 4.78 is 0. The van der Waals surface area contributed by atoms with Gasteiger partial charge in [0.05, 0.1) is 8.07 Å². The second-order valence-corrected chi connectivity index (χ2v) is 14.0. The van der Waals surface area contributed by atoms with E-state index in [1.54, 1.807) is 22.4 Å². The van der Waals surface area contributed by atoms with Crippen LogP contribution >= 0.6 is 0 Å². The third kappa shape index (κ3) is 1.63. The van der Waals surface area contributed by atoms with Gasteiger partial charge in [-0.15, -0.1) is 0 Å². The van der Waals surface area contributed by atoms with Gasteiger partial charge in [-0.1, -0.05) is 46.4 Å². The lowest BCUT2D eigenvalue weighted by atomic mass is 9.77. The van der Waals surface area contributed by atoms with Crippen molar-refractivity contribution in [3.05, 3.63) is 22.8 Å². The summed E-state index contributed by atoms with van der Waals surface area (Å²) in [5.74, 6) is 0. The smallest absolute Gasteiger partial charge is 0.0885 e. The number of hydrogen-bond acceptors (Lipinski definition) is 1. The van der Waals surface area contributed by atoms with Crippen LogP contribution < -0.4 is 10.1 Å². The quantitative estimate of drug-likeness (QED) is 0.653. The van der Waals surface area contributed by atoms with Crippen LogP contribution in [0.4, 0.5) is 5.69 Å². The van der Waals surface area contributed by atoms with Gasteiger partial charge in [-0.3, -0.25) is 0 Å².